The maximum atomic E-state index is 12.6. The monoisotopic (exact) mass is 279 g/mol. The third-order valence-electron chi connectivity index (χ3n) is 2.21. The molecule has 0 aliphatic rings. The lowest BCUT2D eigenvalue weighted by Gasteiger charge is -2.09. The Morgan fingerprint density at radius 1 is 1.28 bits per heavy atom. The van der Waals surface area contributed by atoms with Crippen molar-refractivity contribution in [1.29, 1.82) is 0 Å². The van der Waals surface area contributed by atoms with Crippen molar-refractivity contribution in [3.63, 3.8) is 0 Å². The van der Waals surface area contributed by atoms with E-state index in [1.807, 2.05) is 0 Å². The highest BCUT2D eigenvalue weighted by molar-refractivity contribution is 7.99. The molecule has 1 heterocycles. The first-order valence-electron chi connectivity index (χ1n) is 5.74. The van der Waals surface area contributed by atoms with Crippen molar-refractivity contribution in [3.8, 4) is 0 Å². The average molecular weight is 279 g/mol. The van der Waals surface area contributed by atoms with Gasteiger partial charge >= 0.3 is 6.18 Å². The number of thioether (sulfide) groups is 1. The highest BCUT2D eigenvalue weighted by Gasteiger charge is 2.35. The van der Waals surface area contributed by atoms with Gasteiger partial charge in [-0.3, -0.25) is 0 Å². The number of halogens is 3. The molecule has 0 fully saturated rings. The average Bonchev–Trinajstić information content (AvgIpc) is 2.33. The lowest BCUT2D eigenvalue weighted by molar-refractivity contribution is -0.145. The van der Waals surface area contributed by atoms with E-state index in [0.717, 1.165) is 25.0 Å². The highest BCUT2D eigenvalue weighted by atomic mass is 32.2. The predicted molar refractivity (Wildman–Crippen MR) is 66.8 cm³/mol. The van der Waals surface area contributed by atoms with Crippen molar-refractivity contribution in [2.75, 3.05) is 18.1 Å². The first-order valence-corrected chi connectivity index (χ1v) is 6.72. The summed E-state index contributed by atoms with van der Waals surface area (Å²) in [6.07, 6.45) is -1.38. The highest BCUT2D eigenvalue weighted by Crippen LogP contribution is 2.29. The van der Waals surface area contributed by atoms with Crippen LogP contribution in [0.4, 0.5) is 19.0 Å². The molecule has 0 radical (unpaired) electrons. The van der Waals surface area contributed by atoms with Gasteiger partial charge in [-0.1, -0.05) is 19.8 Å². The van der Waals surface area contributed by atoms with E-state index in [9.17, 15) is 13.2 Å². The predicted octanol–water partition coefficient (Wildman–Crippen LogP) is 3.82. The first kappa shape index (κ1) is 15.1. The van der Waals surface area contributed by atoms with Gasteiger partial charge in [-0.15, -0.1) is 11.8 Å². The van der Waals surface area contributed by atoms with Crippen LogP contribution in [0, 0.1) is 0 Å². The van der Waals surface area contributed by atoms with Crippen LogP contribution in [0.5, 0.6) is 0 Å². The topological polar surface area (TPSA) is 37.8 Å². The van der Waals surface area contributed by atoms with Crippen LogP contribution in [0.1, 0.15) is 32.0 Å². The molecule has 1 N–H and O–H groups in total. The van der Waals surface area contributed by atoms with Crippen LogP contribution in [0.15, 0.2) is 11.1 Å². The van der Waals surface area contributed by atoms with E-state index in [-0.39, 0.29) is 5.82 Å². The largest absolute Gasteiger partial charge is 0.451 e. The Bertz CT molecular complexity index is 382. The Labute approximate surface area is 109 Å². The molecule has 0 amide bonds. The van der Waals surface area contributed by atoms with Crippen molar-refractivity contribution in [2.24, 2.45) is 0 Å². The van der Waals surface area contributed by atoms with Crippen LogP contribution in [-0.2, 0) is 6.18 Å². The smallest absolute Gasteiger partial charge is 0.373 e. The molecule has 1 rings (SSSR count). The summed E-state index contributed by atoms with van der Waals surface area (Å²) < 4.78 is 37.7. The number of anilines is 1. The molecule has 0 aliphatic carbocycles. The quantitative estimate of drug-likeness (QED) is 0.488. The van der Waals surface area contributed by atoms with E-state index in [4.69, 9.17) is 0 Å². The second-order valence-corrected chi connectivity index (χ2v) is 4.83. The molecule has 18 heavy (non-hydrogen) atoms. The summed E-state index contributed by atoms with van der Waals surface area (Å²) >= 11 is 1.33. The zero-order valence-corrected chi connectivity index (χ0v) is 11.2. The summed E-state index contributed by atoms with van der Waals surface area (Å²) in [6.45, 7) is 2.08. The minimum absolute atomic E-state index is 0.190. The number of hydrogen-bond donors (Lipinski definition) is 1. The van der Waals surface area contributed by atoms with Crippen LogP contribution in [0.2, 0.25) is 0 Å². The molecule has 0 aromatic carbocycles. The van der Waals surface area contributed by atoms with E-state index in [0.29, 0.717) is 5.03 Å². The molecule has 0 saturated heterocycles. The molecule has 0 bridgehead atoms. The minimum Gasteiger partial charge on any atom is -0.373 e. The van der Waals surface area contributed by atoms with Crippen molar-refractivity contribution in [1.82, 2.24) is 9.97 Å². The van der Waals surface area contributed by atoms with E-state index in [1.54, 1.807) is 0 Å². The summed E-state index contributed by atoms with van der Waals surface area (Å²) in [5.74, 6) is -0.131. The van der Waals surface area contributed by atoms with Gasteiger partial charge in [0, 0.05) is 13.1 Å². The number of nitrogens with one attached hydrogen (secondary N) is 1. The molecule has 0 spiro atoms. The second-order valence-electron chi connectivity index (χ2n) is 3.72. The van der Waals surface area contributed by atoms with Crippen molar-refractivity contribution in [2.45, 2.75) is 37.4 Å². The number of hydrogen-bond acceptors (Lipinski definition) is 4. The third-order valence-corrected chi connectivity index (χ3v) is 3.21. The molecule has 0 saturated carbocycles. The van der Waals surface area contributed by atoms with E-state index < -0.39 is 12.0 Å². The molecule has 7 heteroatoms. The number of aromatic nitrogens is 2. The van der Waals surface area contributed by atoms with Crippen molar-refractivity contribution < 1.29 is 13.2 Å². The molecule has 0 atom stereocenters. The van der Waals surface area contributed by atoms with Gasteiger partial charge in [0.2, 0.25) is 5.82 Å². The Morgan fingerprint density at radius 3 is 2.56 bits per heavy atom. The maximum Gasteiger partial charge on any atom is 0.451 e. The third kappa shape index (κ3) is 4.72. The Kier molecular flexibility index (Phi) is 5.71. The molecule has 1 aromatic rings. The minimum atomic E-state index is -4.51. The van der Waals surface area contributed by atoms with Gasteiger partial charge in [-0.05, 0) is 12.2 Å². The second kappa shape index (κ2) is 6.82. The molecular weight excluding hydrogens is 263 g/mol. The van der Waals surface area contributed by atoms with Crippen LogP contribution in [-0.4, -0.2) is 22.8 Å². The van der Waals surface area contributed by atoms with E-state index >= 15 is 0 Å². The number of alkyl halides is 3. The fraction of sp³-hybridized carbons (Fsp3) is 0.636. The van der Waals surface area contributed by atoms with Gasteiger partial charge in [-0.25, -0.2) is 9.97 Å². The van der Waals surface area contributed by atoms with Gasteiger partial charge in [0.15, 0.2) is 0 Å². The van der Waals surface area contributed by atoms with Gasteiger partial charge < -0.3 is 5.32 Å². The Balaban J connectivity index is 2.78. The molecule has 1 aromatic heterocycles. The van der Waals surface area contributed by atoms with Crippen LogP contribution < -0.4 is 5.32 Å². The van der Waals surface area contributed by atoms with Gasteiger partial charge in [-0.2, -0.15) is 13.2 Å². The summed E-state index contributed by atoms with van der Waals surface area (Å²) in [7, 11) is 1.54. The van der Waals surface area contributed by atoms with Gasteiger partial charge in [0.25, 0.3) is 0 Å². The molecule has 3 nitrogen and oxygen atoms in total. The van der Waals surface area contributed by atoms with Crippen LogP contribution in [0.3, 0.4) is 0 Å². The lowest BCUT2D eigenvalue weighted by atomic mass is 10.3. The summed E-state index contributed by atoms with van der Waals surface area (Å²) in [4.78, 5) is 6.94. The summed E-state index contributed by atoms with van der Waals surface area (Å²) in [6, 6.07) is 1.53. The lowest BCUT2D eigenvalue weighted by Crippen LogP contribution is -2.12. The van der Waals surface area contributed by atoms with Crippen molar-refractivity contribution >= 4 is 17.6 Å². The maximum absolute atomic E-state index is 12.6. The molecule has 102 valence electrons. The summed E-state index contributed by atoms with van der Waals surface area (Å²) in [5, 5.41) is 2.98. The normalized spacial score (nSPS) is 11.6. The van der Waals surface area contributed by atoms with E-state index in [2.05, 4.69) is 22.2 Å². The fourth-order valence-electron chi connectivity index (χ4n) is 1.28. The molecule has 0 unspecified atom stereocenters. The van der Waals surface area contributed by atoms with Crippen LogP contribution in [0.25, 0.3) is 0 Å². The standard InChI is InChI=1S/C11H16F3N3S/c1-3-4-5-6-18-9-7-8(15-2)16-10(17-9)11(12,13)14/h7H,3-6H2,1-2H3,(H,15,16,17). The summed E-state index contributed by atoms with van der Waals surface area (Å²) in [5.41, 5.74) is 0. The zero-order chi connectivity index (χ0) is 13.6. The number of rotatable bonds is 6. The van der Waals surface area contributed by atoms with Crippen molar-refractivity contribution in [3.05, 3.63) is 11.9 Å². The van der Waals surface area contributed by atoms with Gasteiger partial charge in [0.1, 0.15) is 10.8 Å². The molecular formula is C11H16F3N3S. The number of unbranched alkanes of at least 4 members (excludes halogenated alkanes) is 2. The first-order chi connectivity index (χ1) is 8.47. The SMILES string of the molecule is CCCCCSc1cc(NC)nc(C(F)(F)F)n1. The van der Waals surface area contributed by atoms with Crippen LogP contribution >= 0.6 is 11.8 Å². The fourth-order valence-corrected chi connectivity index (χ4v) is 2.19. The number of nitrogens with zero attached hydrogens (tertiary/aromatic N) is 2. The molecule has 0 aliphatic heterocycles. The zero-order valence-electron chi connectivity index (χ0n) is 10.3. The van der Waals surface area contributed by atoms with Gasteiger partial charge in [0.05, 0.1) is 0 Å². The Hall–Kier alpha value is -0.980. The Morgan fingerprint density at radius 2 is 2.00 bits per heavy atom. The van der Waals surface area contributed by atoms with E-state index in [1.165, 1.54) is 24.9 Å².